The maximum Gasteiger partial charge on any atom is 1.00 e. The van der Waals surface area contributed by atoms with Gasteiger partial charge in [0.15, 0.2) is 36.7 Å². The Labute approximate surface area is 598 Å². The van der Waals surface area contributed by atoms with Crippen molar-refractivity contribution >= 4 is 5.97 Å². The van der Waals surface area contributed by atoms with Gasteiger partial charge in [-0.05, 0) is 114 Å². The third-order valence-electron chi connectivity index (χ3n) is 14.5. The largest absolute Gasteiger partial charge is 1.00 e. The Bertz CT molecular complexity index is 2350. The van der Waals surface area contributed by atoms with E-state index in [1.54, 1.807) is 13.8 Å². The van der Waals surface area contributed by atoms with Crippen LogP contribution < -0.4 is 34.7 Å². The summed E-state index contributed by atoms with van der Waals surface area (Å²) in [5, 5.41) is 70.2. The third kappa shape index (κ3) is 40.6. The predicted molar refractivity (Wildman–Crippen MR) is 350 cm³/mol. The first-order chi connectivity index (χ1) is 45.7. The smallest absolute Gasteiger partial charge is 0.857 e. The number of rotatable bonds is 20. The maximum atomic E-state index is 10.7. The van der Waals surface area contributed by atoms with Crippen LogP contribution in [0.15, 0.2) is 37.7 Å². The van der Waals surface area contributed by atoms with Crippen molar-refractivity contribution in [3.63, 3.8) is 0 Å². The average molecular weight is 1420 g/mol. The molecule has 7 aliphatic rings. The number of carbonyl (C=O) groups excluding carboxylic acids is 1. The first kappa shape index (κ1) is 98.1. The molecule has 0 aromatic heterocycles. The fourth-order valence-corrected chi connectivity index (χ4v) is 9.41. The maximum absolute atomic E-state index is 10.7. The molecule has 0 aliphatic carbocycles. The molecule has 7 heterocycles. The van der Waals surface area contributed by atoms with E-state index in [1.165, 1.54) is 12.5 Å². The standard InChI is InChI=1S/C14H25N3O5.C10H17N3O5.C10H19N3O2.C10H18O3.C7H13N3O5.C4H8.C2H5N3O.C2H6.CH3O.Na/c1-13(2,3)20-9-8-19-12(18-7-6-16-17-15)11-10(9)21-14(4,5)22-11;1-10(2)17-7-6(14)5-16-9(8(7)18-10)15-4-3-12-13-11;1-7-6-15-10(9(3)8(7)2)14-5-4-12-13-11;1-6-5-12-10(13-9(4)11)8(3)7(6)2;8-10-9-1-2-14-7-6(13)5(12)4(11)3-15-7;1-4(2)3;3-5-4-1-2-6;2*1-2;/h9-12H,6-8H2,1-5H3;6-9,14H,3-5H2,1-2H3;7-10H,4-6H2,1-3H3;6-8,10H,5H2,1-4H3;4-7,11-13H,1-3H2;1H2,2-3H3;6H,1-2H2;1-2H3;1H3;/q;;;;;;;;-1;+1/t9-,10+,11?,12-;6-,7+,8?,9-;7-,8+,9?,10-;6-,7+,8?,10?;4-,5+,6?,7-;;;;;/m11111...../s1. The molecule has 7 rings (SSSR count). The van der Waals surface area contributed by atoms with Crippen molar-refractivity contribution in [3.8, 4) is 0 Å². The number of hydrogen-bond acceptors (Lipinski definition) is 27. The molecular formula is C60H114N15NaO22. The van der Waals surface area contributed by atoms with Gasteiger partial charge in [0, 0.05) is 82.6 Å². The zero-order valence-electron chi connectivity index (χ0n) is 61.2. The Morgan fingerprint density at radius 3 is 1.23 bits per heavy atom. The van der Waals surface area contributed by atoms with Crippen LogP contribution in [0.2, 0.25) is 0 Å². The van der Waals surface area contributed by atoms with Gasteiger partial charge in [-0.15, -0.1) is 6.58 Å². The summed E-state index contributed by atoms with van der Waals surface area (Å²) >= 11 is 0. The third-order valence-corrected chi connectivity index (χ3v) is 14.5. The normalized spacial score (nSPS) is 31.7. The molecule has 0 bridgehead atoms. The van der Waals surface area contributed by atoms with Crippen molar-refractivity contribution in [2.24, 2.45) is 61.1 Å². The van der Waals surface area contributed by atoms with Crippen LogP contribution in [0.3, 0.4) is 0 Å². The summed E-state index contributed by atoms with van der Waals surface area (Å²) < 4.78 is 82.9. The van der Waals surface area contributed by atoms with Gasteiger partial charge < -0.3 is 102 Å². The zero-order chi connectivity index (χ0) is 74.5. The van der Waals surface area contributed by atoms with Gasteiger partial charge in [0.05, 0.1) is 65.1 Å². The molecule has 6 unspecified atom stereocenters. The molecule has 0 aromatic carbocycles. The SMILES string of the molecule is C=C(C)C.CC.CC(=O)OC1OC[C@@H](C)[C@H](C)C1C.CC(C)(C)O[C@@H]1CO[C@@H](OCCN=[N+]=[N-])C2OC(C)(C)O[C@H]21.CC1(C)OC2[C@H](OCCN=[N+]=[N-])OC[C@@H](O)[C@@H]2O1.CC1[C@H](OCCN=[N+]=[N-])OC[C@@H](C)[C@@H]1C.C[O-].[N-]=[N+]=NCCO.[N-]=[N+]=NCCO[C@@H]1OC[C@@H](O)[C@H](O)C1O.[Na+]. The van der Waals surface area contributed by atoms with E-state index in [-0.39, 0.29) is 144 Å². The van der Waals surface area contributed by atoms with Gasteiger partial charge in [0.1, 0.15) is 54.9 Å². The number of carbonyl (C=O) groups is 1. The molecule has 5 N–H and O–H groups in total. The molecule has 37 nitrogen and oxygen atoms in total. The number of aliphatic hydroxyl groups is 5. The fraction of sp³-hybridized carbons (Fsp3) is 0.950. The van der Waals surface area contributed by atoms with Gasteiger partial charge in [-0.3, -0.25) is 4.79 Å². The number of azide groups is 5. The van der Waals surface area contributed by atoms with Crippen LogP contribution in [0.1, 0.15) is 125 Å². The van der Waals surface area contributed by atoms with Gasteiger partial charge in [0.25, 0.3) is 0 Å². The van der Waals surface area contributed by atoms with Crippen LogP contribution in [-0.4, -0.2) is 241 Å². The number of allylic oxidation sites excluding steroid dienone is 1. The van der Waals surface area contributed by atoms with Crippen molar-refractivity contribution in [2.75, 3.05) is 106 Å². The van der Waals surface area contributed by atoms with Crippen molar-refractivity contribution < 1.29 is 136 Å². The molecule has 38 heteroatoms. The van der Waals surface area contributed by atoms with E-state index in [1.807, 2.05) is 62.3 Å². The molecule has 98 heavy (non-hydrogen) atoms. The minimum atomic E-state index is -1.31. The summed E-state index contributed by atoms with van der Waals surface area (Å²) in [6.45, 7) is 43.0. The number of nitrogens with zero attached hydrogens (tertiary/aromatic N) is 15. The van der Waals surface area contributed by atoms with Crippen LogP contribution >= 0.6 is 0 Å². The summed E-state index contributed by atoms with van der Waals surface area (Å²) in [5.74, 6) is 1.19. The number of fused-ring (bicyclic) bond motifs is 2. The molecule has 0 aromatic rings. The van der Waals surface area contributed by atoms with E-state index in [0.717, 1.165) is 13.7 Å². The van der Waals surface area contributed by atoms with E-state index in [9.17, 15) is 20.1 Å². The summed E-state index contributed by atoms with van der Waals surface area (Å²) in [7, 11) is 0.750. The summed E-state index contributed by atoms with van der Waals surface area (Å²) in [6, 6.07) is 0. The quantitative estimate of drug-likeness (QED) is 0.0205. The van der Waals surface area contributed by atoms with Crippen molar-refractivity contribution in [2.45, 2.75) is 228 Å². The molecule has 20 atom stereocenters. The molecule has 0 amide bonds. The molecule has 7 aliphatic heterocycles. The van der Waals surface area contributed by atoms with Gasteiger partial charge in [-0.25, -0.2) is 0 Å². The Balaban J connectivity index is -0.00000110. The summed E-state index contributed by atoms with van der Waals surface area (Å²) in [6.07, 6.45) is -8.89. The van der Waals surface area contributed by atoms with Gasteiger partial charge >= 0.3 is 35.5 Å². The number of aliphatic hydroxyl groups excluding tert-OH is 5. The van der Waals surface area contributed by atoms with Crippen molar-refractivity contribution in [1.82, 2.24) is 0 Å². The monoisotopic (exact) mass is 1420 g/mol. The summed E-state index contributed by atoms with van der Waals surface area (Å²) in [4.78, 5) is 23.6. The summed E-state index contributed by atoms with van der Waals surface area (Å²) in [5.41, 5.74) is 40.9. The Morgan fingerprint density at radius 2 is 0.837 bits per heavy atom. The molecule has 7 saturated heterocycles. The van der Waals surface area contributed by atoms with Crippen molar-refractivity contribution in [1.29, 1.82) is 0 Å². The van der Waals surface area contributed by atoms with E-state index in [2.05, 4.69) is 98.3 Å². The Hall–Kier alpha value is -4.04. The van der Waals surface area contributed by atoms with Gasteiger partial charge in [-0.2, -0.15) is 7.11 Å². The number of ether oxygens (including phenoxy) is 15. The van der Waals surface area contributed by atoms with E-state index >= 15 is 0 Å². The zero-order valence-corrected chi connectivity index (χ0v) is 63.2. The molecule has 562 valence electrons. The molecule has 0 spiro atoms. The van der Waals surface area contributed by atoms with Crippen LogP contribution in [0.4, 0.5) is 0 Å². The van der Waals surface area contributed by atoms with Gasteiger partial charge in [-0.1, -0.05) is 86.5 Å². The van der Waals surface area contributed by atoms with Crippen LogP contribution in [0, 0.1) is 35.5 Å². The van der Waals surface area contributed by atoms with Crippen LogP contribution in [-0.2, 0) is 75.8 Å². The minimum absolute atomic E-state index is 0. The molecule has 0 saturated carbocycles. The minimum Gasteiger partial charge on any atom is -0.857 e. The Kier molecular flexibility index (Phi) is 54.7. The second-order valence-electron chi connectivity index (χ2n) is 24.7. The predicted octanol–water partition coefficient (Wildman–Crippen LogP) is 4.95. The first-order valence-corrected chi connectivity index (χ1v) is 32.3. The average Bonchev–Trinajstić information content (AvgIpc) is 1.63. The second kappa shape index (κ2) is 54.6. The van der Waals surface area contributed by atoms with E-state index in [0.29, 0.717) is 56.0 Å². The van der Waals surface area contributed by atoms with E-state index < -0.39 is 67.1 Å². The molecular weight excluding hydrogens is 1310 g/mol. The fourth-order valence-electron chi connectivity index (χ4n) is 9.41. The van der Waals surface area contributed by atoms with Crippen LogP contribution in [0.5, 0.6) is 0 Å². The topological polar surface area (TPSA) is 524 Å². The number of esters is 1. The molecule has 7 fully saturated rings. The first-order valence-electron chi connectivity index (χ1n) is 32.3. The van der Waals surface area contributed by atoms with Crippen LogP contribution in [0.25, 0.3) is 52.2 Å². The number of hydrogen-bond donors (Lipinski definition) is 5. The van der Waals surface area contributed by atoms with Gasteiger partial charge in [0.2, 0.25) is 6.29 Å². The van der Waals surface area contributed by atoms with E-state index in [4.69, 9.17) is 114 Å². The Morgan fingerprint density at radius 1 is 0.510 bits per heavy atom. The van der Waals surface area contributed by atoms with Crippen molar-refractivity contribution in [3.05, 3.63) is 64.4 Å². The molecule has 0 radical (unpaired) electrons. The second-order valence-corrected chi connectivity index (χ2v) is 24.7.